The number of carbonyl (C=O) groups is 1. The molecule has 1 amide bonds. The molecule has 0 atom stereocenters. The monoisotopic (exact) mass is 173 g/mol. The van der Waals surface area contributed by atoms with Gasteiger partial charge >= 0.3 is 0 Å². The van der Waals surface area contributed by atoms with Crippen molar-refractivity contribution in [3.63, 3.8) is 0 Å². The Morgan fingerprint density at radius 1 is 1.62 bits per heavy atom. The molecule has 66 valence electrons. The molecule has 1 aromatic carbocycles. The average molecular weight is 173 g/mol. The van der Waals surface area contributed by atoms with Crippen molar-refractivity contribution in [2.24, 2.45) is 0 Å². The molecule has 0 unspecified atom stereocenters. The van der Waals surface area contributed by atoms with E-state index < -0.39 is 0 Å². The van der Waals surface area contributed by atoms with Crippen molar-refractivity contribution >= 4 is 12.1 Å². The van der Waals surface area contributed by atoms with Gasteiger partial charge < -0.3 is 4.90 Å². The number of aryl methyl sites for hydroxylation is 1. The highest BCUT2D eigenvalue weighted by atomic mass is 16.1. The predicted octanol–water partition coefficient (Wildman–Crippen LogP) is 1.59. The molecule has 0 saturated heterocycles. The number of hydrogen-bond donors (Lipinski definition) is 0. The summed E-state index contributed by atoms with van der Waals surface area (Å²) in [7, 11) is 0. The molecule has 1 rings (SSSR count). The maximum Gasteiger partial charge on any atom is 0.214 e. The zero-order valence-electron chi connectivity index (χ0n) is 7.53. The van der Waals surface area contributed by atoms with Gasteiger partial charge in [-0.1, -0.05) is 18.1 Å². The van der Waals surface area contributed by atoms with E-state index in [9.17, 15) is 4.79 Å². The molecule has 0 heterocycles. The first kappa shape index (κ1) is 9.34. The van der Waals surface area contributed by atoms with Crippen LogP contribution in [0.3, 0.4) is 0 Å². The normalized spacial score (nSPS) is 8.92. The molecule has 0 aliphatic heterocycles. The Morgan fingerprint density at radius 3 is 2.92 bits per heavy atom. The van der Waals surface area contributed by atoms with Crippen LogP contribution in [0.25, 0.3) is 0 Å². The Kier molecular flexibility index (Phi) is 3.10. The number of hydrogen-bond acceptors (Lipinski definition) is 1. The summed E-state index contributed by atoms with van der Waals surface area (Å²) in [5.41, 5.74) is 1.95. The molecule has 1 aromatic rings. The molecule has 0 aliphatic carbocycles. The van der Waals surface area contributed by atoms with Crippen LogP contribution >= 0.6 is 0 Å². The Bertz CT molecular complexity index is 338. The number of benzene rings is 1. The molecule has 0 radical (unpaired) electrons. The second kappa shape index (κ2) is 4.32. The molecule has 0 aromatic heterocycles. The summed E-state index contributed by atoms with van der Waals surface area (Å²) in [6.45, 7) is 2.29. The molecular formula is C11H11NO. The van der Waals surface area contributed by atoms with Gasteiger partial charge in [0.25, 0.3) is 0 Å². The zero-order valence-corrected chi connectivity index (χ0v) is 7.53. The van der Waals surface area contributed by atoms with Gasteiger partial charge in [-0.25, -0.2) is 0 Å². The van der Waals surface area contributed by atoms with Gasteiger partial charge in [0.1, 0.15) is 0 Å². The van der Waals surface area contributed by atoms with E-state index in [0.29, 0.717) is 6.54 Å². The summed E-state index contributed by atoms with van der Waals surface area (Å²) in [5, 5.41) is 0. The molecule has 0 bridgehead atoms. The Hall–Kier alpha value is -1.75. The SMILES string of the molecule is C#CCN(C=O)c1cccc(C)c1. The van der Waals surface area contributed by atoms with Gasteiger partial charge in [-0.05, 0) is 24.6 Å². The van der Waals surface area contributed by atoms with Crippen LogP contribution in [0, 0.1) is 19.3 Å². The third-order valence-corrected chi connectivity index (χ3v) is 1.72. The average Bonchev–Trinajstić information content (AvgIpc) is 2.14. The number of nitrogens with zero attached hydrogens (tertiary/aromatic N) is 1. The van der Waals surface area contributed by atoms with Crippen LogP contribution < -0.4 is 4.90 Å². The van der Waals surface area contributed by atoms with E-state index in [-0.39, 0.29) is 0 Å². The van der Waals surface area contributed by atoms with Crippen LogP contribution in [0.1, 0.15) is 5.56 Å². The van der Waals surface area contributed by atoms with Gasteiger partial charge in [-0.2, -0.15) is 0 Å². The minimum Gasteiger partial charge on any atom is -0.303 e. The summed E-state index contributed by atoms with van der Waals surface area (Å²) in [6.07, 6.45) is 5.87. The minimum atomic E-state index is 0.312. The molecule has 0 aliphatic rings. The van der Waals surface area contributed by atoms with Crippen molar-refractivity contribution in [1.82, 2.24) is 0 Å². The number of carbonyl (C=O) groups excluding carboxylic acids is 1. The van der Waals surface area contributed by atoms with Gasteiger partial charge in [0.2, 0.25) is 6.41 Å². The van der Waals surface area contributed by atoms with Crippen LogP contribution in [-0.4, -0.2) is 13.0 Å². The van der Waals surface area contributed by atoms with E-state index in [0.717, 1.165) is 17.7 Å². The topological polar surface area (TPSA) is 20.3 Å². The van der Waals surface area contributed by atoms with Gasteiger partial charge in [0.05, 0.1) is 6.54 Å². The van der Waals surface area contributed by atoms with Crippen LogP contribution in [0.15, 0.2) is 24.3 Å². The lowest BCUT2D eigenvalue weighted by molar-refractivity contribution is -0.107. The molecular weight excluding hydrogens is 162 g/mol. The fraction of sp³-hybridized carbons (Fsp3) is 0.182. The lowest BCUT2D eigenvalue weighted by atomic mass is 10.2. The maximum absolute atomic E-state index is 10.6. The van der Waals surface area contributed by atoms with E-state index in [4.69, 9.17) is 6.42 Å². The van der Waals surface area contributed by atoms with Crippen LogP contribution in [0.5, 0.6) is 0 Å². The highest BCUT2D eigenvalue weighted by Gasteiger charge is 2.01. The van der Waals surface area contributed by atoms with Crippen molar-refractivity contribution in [3.8, 4) is 12.3 Å². The first-order valence-corrected chi connectivity index (χ1v) is 4.00. The van der Waals surface area contributed by atoms with Gasteiger partial charge in [-0.15, -0.1) is 6.42 Å². The standard InChI is InChI=1S/C11H11NO/c1-3-7-12(9-13)11-6-4-5-10(2)8-11/h1,4-6,8-9H,7H2,2H3. The lowest BCUT2D eigenvalue weighted by Gasteiger charge is -2.14. The van der Waals surface area contributed by atoms with E-state index in [2.05, 4.69) is 5.92 Å². The molecule has 13 heavy (non-hydrogen) atoms. The highest BCUT2D eigenvalue weighted by molar-refractivity contribution is 5.75. The first-order chi connectivity index (χ1) is 6.27. The molecule has 0 fully saturated rings. The number of terminal acetylenes is 1. The number of amides is 1. The van der Waals surface area contributed by atoms with Crippen molar-refractivity contribution in [2.45, 2.75) is 6.92 Å². The van der Waals surface area contributed by atoms with Crippen LogP contribution in [0.4, 0.5) is 5.69 Å². The largest absolute Gasteiger partial charge is 0.303 e. The van der Waals surface area contributed by atoms with Crippen molar-refractivity contribution in [2.75, 3.05) is 11.4 Å². The van der Waals surface area contributed by atoms with Crippen molar-refractivity contribution < 1.29 is 4.79 Å². The zero-order chi connectivity index (χ0) is 9.68. The summed E-state index contributed by atoms with van der Waals surface area (Å²) in [4.78, 5) is 12.1. The van der Waals surface area contributed by atoms with Gasteiger partial charge in [-0.3, -0.25) is 4.79 Å². The summed E-state index contributed by atoms with van der Waals surface area (Å²) >= 11 is 0. The first-order valence-electron chi connectivity index (χ1n) is 4.00. The summed E-state index contributed by atoms with van der Waals surface area (Å²) in [5.74, 6) is 2.43. The second-order valence-electron chi connectivity index (χ2n) is 2.78. The molecule has 0 N–H and O–H groups in total. The number of anilines is 1. The predicted molar refractivity (Wildman–Crippen MR) is 53.4 cm³/mol. The van der Waals surface area contributed by atoms with Crippen molar-refractivity contribution in [3.05, 3.63) is 29.8 Å². The summed E-state index contributed by atoms with van der Waals surface area (Å²) < 4.78 is 0. The van der Waals surface area contributed by atoms with Gasteiger partial charge in [0, 0.05) is 5.69 Å². The van der Waals surface area contributed by atoms with Crippen LogP contribution in [0.2, 0.25) is 0 Å². The quantitative estimate of drug-likeness (QED) is 0.502. The van der Waals surface area contributed by atoms with Crippen LogP contribution in [-0.2, 0) is 4.79 Å². The Balaban J connectivity index is 2.92. The fourth-order valence-corrected chi connectivity index (χ4v) is 1.09. The third-order valence-electron chi connectivity index (χ3n) is 1.72. The Morgan fingerprint density at radius 2 is 2.38 bits per heavy atom. The van der Waals surface area contributed by atoms with Crippen molar-refractivity contribution in [1.29, 1.82) is 0 Å². The number of rotatable bonds is 3. The van der Waals surface area contributed by atoms with E-state index in [1.807, 2.05) is 31.2 Å². The maximum atomic E-state index is 10.6. The molecule has 2 heteroatoms. The minimum absolute atomic E-state index is 0.312. The fourth-order valence-electron chi connectivity index (χ4n) is 1.09. The second-order valence-corrected chi connectivity index (χ2v) is 2.78. The Labute approximate surface area is 78.2 Å². The lowest BCUT2D eigenvalue weighted by Crippen LogP contribution is -2.20. The highest BCUT2D eigenvalue weighted by Crippen LogP contribution is 2.13. The van der Waals surface area contributed by atoms with E-state index >= 15 is 0 Å². The molecule has 0 spiro atoms. The summed E-state index contributed by atoms with van der Waals surface area (Å²) in [6, 6.07) is 7.66. The smallest absolute Gasteiger partial charge is 0.214 e. The van der Waals surface area contributed by atoms with Gasteiger partial charge in [0.15, 0.2) is 0 Å². The third kappa shape index (κ3) is 2.34. The van der Waals surface area contributed by atoms with E-state index in [1.54, 1.807) is 0 Å². The molecule has 2 nitrogen and oxygen atoms in total. The van der Waals surface area contributed by atoms with E-state index in [1.165, 1.54) is 4.90 Å². The molecule has 0 saturated carbocycles.